The molecule has 80 valence electrons. The summed E-state index contributed by atoms with van der Waals surface area (Å²) in [5.74, 6) is 0.289. The van der Waals surface area contributed by atoms with Crippen LogP contribution in [0.5, 0.6) is 5.75 Å². The smallest absolute Gasteiger partial charge is 0.115 e. The molecule has 0 spiro atoms. The van der Waals surface area contributed by atoms with Crippen LogP contribution in [0.15, 0.2) is 29.3 Å². The first-order valence-corrected chi connectivity index (χ1v) is 4.00. The van der Waals surface area contributed by atoms with Gasteiger partial charge in [-0.25, -0.2) is 0 Å². The second-order valence-corrected chi connectivity index (χ2v) is 2.96. The Balaban J connectivity index is 0. The molecule has 4 heteroatoms. The Morgan fingerprint density at radius 3 is 2.07 bits per heavy atom. The van der Waals surface area contributed by atoms with Gasteiger partial charge in [0.2, 0.25) is 0 Å². The topological polar surface area (TPSA) is 95.6 Å². The molecule has 0 aliphatic heterocycles. The molecule has 0 saturated carbocycles. The Kier molecular flexibility index (Phi) is 7.61. The van der Waals surface area contributed by atoms with Gasteiger partial charge < -0.3 is 16.1 Å². The first-order valence-electron chi connectivity index (χ1n) is 4.00. The first-order chi connectivity index (χ1) is 5.68. The van der Waals surface area contributed by atoms with Gasteiger partial charge in [0.15, 0.2) is 0 Å². The van der Waals surface area contributed by atoms with Crippen LogP contribution in [0.4, 0.5) is 0 Å². The second-order valence-electron chi connectivity index (χ2n) is 2.96. The van der Waals surface area contributed by atoms with Crippen LogP contribution in [0, 0.1) is 0 Å². The van der Waals surface area contributed by atoms with Crippen molar-refractivity contribution in [1.29, 1.82) is 0 Å². The van der Waals surface area contributed by atoms with E-state index in [9.17, 15) is 0 Å². The van der Waals surface area contributed by atoms with Gasteiger partial charge in [-0.2, -0.15) is 0 Å². The number of aromatic hydroxyl groups is 1. The third-order valence-electron chi connectivity index (χ3n) is 1.41. The fourth-order valence-electron chi connectivity index (χ4n) is 0.796. The molecule has 0 aliphatic rings. The predicted molar refractivity (Wildman–Crippen MR) is 58.1 cm³/mol. The van der Waals surface area contributed by atoms with E-state index in [2.05, 4.69) is 4.99 Å². The van der Waals surface area contributed by atoms with Crippen LogP contribution >= 0.6 is 0 Å². The quantitative estimate of drug-likeness (QED) is 0.692. The molecule has 4 nitrogen and oxygen atoms in total. The summed E-state index contributed by atoms with van der Waals surface area (Å²) in [6.45, 7) is 4.05. The van der Waals surface area contributed by atoms with Gasteiger partial charge in [0.25, 0.3) is 0 Å². The molecule has 1 aromatic rings. The van der Waals surface area contributed by atoms with Crippen molar-refractivity contribution < 1.29 is 16.1 Å². The highest BCUT2D eigenvalue weighted by molar-refractivity contribution is 5.79. The Morgan fingerprint density at radius 1 is 1.14 bits per heavy atom. The Bertz CT molecular complexity index is 267. The summed E-state index contributed by atoms with van der Waals surface area (Å²) in [4.78, 5) is 4.22. The van der Waals surface area contributed by atoms with Crippen LogP contribution in [-0.2, 0) is 0 Å². The van der Waals surface area contributed by atoms with E-state index >= 15 is 0 Å². The van der Waals surface area contributed by atoms with Gasteiger partial charge in [0.1, 0.15) is 5.75 Å². The van der Waals surface area contributed by atoms with E-state index in [4.69, 9.17) is 5.11 Å². The monoisotopic (exact) mass is 199 g/mol. The van der Waals surface area contributed by atoms with Crippen LogP contribution in [0.25, 0.3) is 0 Å². The molecule has 5 N–H and O–H groups in total. The van der Waals surface area contributed by atoms with Crippen LogP contribution in [-0.4, -0.2) is 28.3 Å². The molecule has 0 aromatic heterocycles. The van der Waals surface area contributed by atoms with Gasteiger partial charge in [0.05, 0.1) is 0 Å². The number of phenols is 1. The summed E-state index contributed by atoms with van der Waals surface area (Å²) in [7, 11) is 0. The highest BCUT2D eigenvalue weighted by atomic mass is 16.3. The number of hydrogen-bond donors (Lipinski definition) is 1. The lowest BCUT2D eigenvalue weighted by Crippen LogP contribution is -1.89. The van der Waals surface area contributed by atoms with Crippen molar-refractivity contribution in [2.75, 3.05) is 0 Å². The Labute approximate surface area is 83.5 Å². The van der Waals surface area contributed by atoms with E-state index in [-0.39, 0.29) is 16.7 Å². The molecule has 0 saturated heterocycles. The molecule has 0 fully saturated rings. The fraction of sp³-hybridized carbons (Fsp3) is 0.300. The number of benzene rings is 1. The van der Waals surface area contributed by atoms with Gasteiger partial charge in [-0.3, -0.25) is 4.99 Å². The molecule has 1 aromatic carbocycles. The Morgan fingerprint density at radius 2 is 1.64 bits per heavy atom. The summed E-state index contributed by atoms with van der Waals surface area (Å²) in [6.07, 6.45) is 1.81. The average molecular weight is 199 g/mol. The molecule has 0 aliphatic carbocycles. The standard InChI is InChI=1S/C10H13NO.2H2O/c1-8(2)11-7-9-3-5-10(12)6-4-9;;/h3-8,12H,1-2H3;2*1H2/b11-7-;;. The maximum absolute atomic E-state index is 8.99. The summed E-state index contributed by atoms with van der Waals surface area (Å²) in [5.41, 5.74) is 1.02. The van der Waals surface area contributed by atoms with Crippen molar-refractivity contribution in [2.24, 2.45) is 4.99 Å². The highest BCUT2D eigenvalue weighted by Crippen LogP contribution is 2.07. The number of phenolic OH excluding ortho intramolecular Hbond substituents is 1. The molecule has 0 atom stereocenters. The summed E-state index contributed by atoms with van der Waals surface area (Å²) in [6, 6.07) is 7.30. The zero-order valence-corrected chi connectivity index (χ0v) is 8.36. The average Bonchev–Trinajstić information content (AvgIpc) is 2.03. The van der Waals surface area contributed by atoms with Gasteiger partial charge >= 0.3 is 0 Å². The predicted octanol–water partition coefficient (Wildman–Crippen LogP) is 0.570. The van der Waals surface area contributed by atoms with Crippen LogP contribution in [0.3, 0.4) is 0 Å². The Hall–Kier alpha value is -1.39. The highest BCUT2D eigenvalue weighted by Gasteiger charge is 1.89. The lowest BCUT2D eigenvalue weighted by Gasteiger charge is -1.95. The summed E-state index contributed by atoms with van der Waals surface area (Å²) < 4.78 is 0. The lowest BCUT2D eigenvalue weighted by atomic mass is 10.2. The molecule has 0 amide bonds. The minimum absolute atomic E-state index is 0. The molecule has 14 heavy (non-hydrogen) atoms. The third kappa shape index (κ3) is 5.29. The number of rotatable bonds is 2. The number of nitrogens with zero attached hydrogens (tertiary/aromatic N) is 1. The molecule has 0 heterocycles. The largest absolute Gasteiger partial charge is 0.508 e. The van der Waals surface area contributed by atoms with Crippen molar-refractivity contribution >= 4 is 6.21 Å². The molecule has 0 bridgehead atoms. The van der Waals surface area contributed by atoms with E-state index in [1.807, 2.05) is 32.2 Å². The van der Waals surface area contributed by atoms with Gasteiger partial charge in [-0.05, 0) is 43.7 Å². The van der Waals surface area contributed by atoms with Gasteiger partial charge in [0, 0.05) is 12.3 Å². The number of aliphatic imine (C=N–C) groups is 1. The van der Waals surface area contributed by atoms with E-state index < -0.39 is 0 Å². The van der Waals surface area contributed by atoms with Crippen molar-refractivity contribution in [2.45, 2.75) is 19.9 Å². The van der Waals surface area contributed by atoms with Crippen LogP contribution in [0.1, 0.15) is 19.4 Å². The first kappa shape index (κ1) is 15.1. The van der Waals surface area contributed by atoms with E-state index in [0.717, 1.165) is 5.56 Å². The van der Waals surface area contributed by atoms with E-state index in [1.165, 1.54) is 0 Å². The second kappa shape index (κ2) is 7.06. The van der Waals surface area contributed by atoms with Crippen LogP contribution < -0.4 is 0 Å². The third-order valence-corrected chi connectivity index (χ3v) is 1.41. The molecule has 0 unspecified atom stereocenters. The maximum atomic E-state index is 8.99. The fourth-order valence-corrected chi connectivity index (χ4v) is 0.796. The van der Waals surface area contributed by atoms with Gasteiger partial charge in [-0.15, -0.1) is 0 Å². The molecule has 1 rings (SSSR count). The maximum Gasteiger partial charge on any atom is 0.115 e. The minimum atomic E-state index is 0. The van der Waals surface area contributed by atoms with Crippen molar-refractivity contribution in [3.05, 3.63) is 29.8 Å². The van der Waals surface area contributed by atoms with Crippen molar-refractivity contribution in [3.8, 4) is 5.75 Å². The van der Waals surface area contributed by atoms with Crippen LogP contribution in [0.2, 0.25) is 0 Å². The molecule has 0 radical (unpaired) electrons. The summed E-state index contributed by atoms with van der Waals surface area (Å²) >= 11 is 0. The molecular formula is C10H17NO3. The van der Waals surface area contributed by atoms with Crippen molar-refractivity contribution in [3.63, 3.8) is 0 Å². The number of hydrogen-bond acceptors (Lipinski definition) is 2. The zero-order valence-electron chi connectivity index (χ0n) is 8.36. The van der Waals surface area contributed by atoms with Crippen molar-refractivity contribution in [1.82, 2.24) is 0 Å². The summed E-state index contributed by atoms with van der Waals surface area (Å²) in [5, 5.41) is 8.99. The normalized spacial score (nSPS) is 9.64. The zero-order chi connectivity index (χ0) is 8.97. The minimum Gasteiger partial charge on any atom is -0.508 e. The molecular weight excluding hydrogens is 182 g/mol. The van der Waals surface area contributed by atoms with E-state index in [0.29, 0.717) is 6.04 Å². The SMILES string of the molecule is CC(C)/N=C\c1ccc(O)cc1.O.O. The lowest BCUT2D eigenvalue weighted by molar-refractivity contribution is 0.475. The van der Waals surface area contributed by atoms with E-state index in [1.54, 1.807) is 12.1 Å². The van der Waals surface area contributed by atoms with Gasteiger partial charge in [-0.1, -0.05) is 0 Å².